The monoisotopic (exact) mass is 238 g/mol. The molecule has 1 spiro atoms. The van der Waals surface area contributed by atoms with E-state index in [0.717, 1.165) is 5.41 Å². The van der Waals surface area contributed by atoms with Crippen LogP contribution in [0.1, 0.15) is 58.8 Å². The lowest BCUT2D eigenvalue weighted by Gasteiger charge is -2.24. The minimum Gasteiger partial charge on any atom is -0.313 e. The number of hydrogen-bond donors (Lipinski definition) is 1. The molecule has 2 aliphatic rings. The van der Waals surface area contributed by atoms with Crippen LogP contribution in [0, 0.1) is 5.41 Å². The third-order valence-corrected chi connectivity index (χ3v) is 4.82. The number of likely N-dealkylation sites (tertiary alicyclic amines) is 1. The normalized spacial score (nSPS) is 25.8. The highest BCUT2D eigenvalue weighted by atomic mass is 15.2. The number of nitrogens with zero attached hydrogens (tertiary/aromatic N) is 1. The van der Waals surface area contributed by atoms with E-state index < -0.39 is 0 Å². The molecule has 1 saturated heterocycles. The third-order valence-electron chi connectivity index (χ3n) is 4.82. The minimum atomic E-state index is 0.697. The Hall–Kier alpha value is -0.0800. The van der Waals surface area contributed by atoms with E-state index in [4.69, 9.17) is 0 Å². The van der Waals surface area contributed by atoms with Gasteiger partial charge < -0.3 is 10.2 Å². The second kappa shape index (κ2) is 6.19. The van der Waals surface area contributed by atoms with Crippen LogP contribution in [0.25, 0.3) is 0 Å². The summed E-state index contributed by atoms with van der Waals surface area (Å²) in [7, 11) is 0. The van der Waals surface area contributed by atoms with Crippen LogP contribution in [0.5, 0.6) is 0 Å². The molecule has 2 rings (SSSR count). The fourth-order valence-electron chi connectivity index (χ4n) is 3.76. The maximum atomic E-state index is 3.65. The van der Waals surface area contributed by atoms with Gasteiger partial charge in [0.05, 0.1) is 0 Å². The van der Waals surface area contributed by atoms with Gasteiger partial charge in [-0.15, -0.1) is 0 Å². The van der Waals surface area contributed by atoms with Crippen LogP contribution in [-0.4, -0.2) is 37.1 Å². The van der Waals surface area contributed by atoms with Crippen molar-refractivity contribution in [2.24, 2.45) is 5.41 Å². The molecule has 1 aliphatic heterocycles. The molecule has 0 radical (unpaired) electrons. The lowest BCUT2D eigenvalue weighted by molar-refractivity contribution is 0.258. The van der Waals surface area contributed by atoms with E-state index in [2.05, 4.69) is 24.1 Å². The predicted octanol–water partition coefficient (Wildman–Crippen LogP) is 3.03. The van der Waals surface area contributed by atoms with E-state index >= 15 is 0 Å². The molecule has 2 nitrogen and oxygen atoms in total. The fourth-order valence-corrected chi connectivity index (χ4v) is 3.76. The van der Waals surface area contributed by atoms with Gasteiger partial charge in [-0.25, -0.2) is 0 Å². The molecule has 0 bridgehead atoms. The zero-order valence-electron chi connectivity index (χ0n) is 11.8. The van der Waals surface area contributed by atoms with Gasteiger partial charge in [-0.05, 0) is 44.6 Å². The summed E-state index contributed by atoms with van der Waals surface area (Å²) in [6.45, 7) is 9.75. The van der Waals surface area contributed by atoms with Crippen LogP contribution < -0.4 is 5.32 Å². The zero-order chi connectivity index (χ0) is 12.1. The van der Waals surface area contributed by atoms with E-state index in [9.17, 15) is 0 Å². The van der Waals surface area contributed by atoms with Gasteiger partial charge in [0.1, 0.15) is 0 Å². The standard InChI is InChI=1S/C15H30N2/c1-3-6-14(2)16-10-12-17-11-9-15(13-17)7-4-5-8-15/h14,16H,3-13H2,1-2H3. The van der Waals surface area contributed by atoms with Gasteiger partial charge in [0.25, 0.3) is 0 Å². The molecule has 17 heavy (non-hydrogen) atoms. The van der Waals surface area contributed by atoms with Crippen molar-refractivity contribution in [3.05, 3.63) is 0 Å². The summed E-state index contributed by atoms with van der Waals surface area (Å²) in [6, 6.07) is 0.697. The minimum absolute atomic E-state index is 0.697. The Labute approximate surface area is 107 Å². The van der Waals surface area contributed by atoms with Crippen molar-refractivity contribution in [3.63, 3.8) is 0 Å². The van der Waals surface area contributed by atoms with Gasteiger partial charge in [0.2, 0.25) is 0 Å². The van der Waals surface area contributed by atoms with Crippen molar-refractivity contribution in [3.8, 4) is 0 Å². The third kappa shape index (κ3) is 3.69. The second-order valence-corrected chi connectivity index (χ2v) is 6.38. The lowest BCUT2D eigenvalue weighted by Crippen LogP contribution is -2.35. The molecule has 0 aromatic carbocycles. The second-order valence-electron chi connectivity index (χ2n) is 6.38. The SMILES string of the molecule is CCCC(C)NCCN1CCC2(CCCC2)C1. The first-order valence-electron chi connectivity index (χ1n) is 7.70. The average molecular weight is 238 g/mol. The van der Waals surface area contributed by atoms with Crippen molar-refractivity contribution >= 4 is 0 Å². The molecule has 1 atom stereocenters. The smallest absolute Gasteiger partial charge is 0.0107 e. The Kier molecular flexibility index (Phi) is 4.87. The first kappa shape index (κ1) is 13.4. The first-order valence-corrected chi connectivity index (χ1v) is 7.70. The van der Waals surface area contributed by atoms with Gasteiger partial charge in [0, 0.05) is 25.7 Å². The quantitative estimate of drug-likeness (QED) is 0.765. The van der Waals surface area contributed by atoms with Crippen LogP contribution in [-0.2, 0) is 0 Å². The fraction of sp³-hybridized carbons (Fsp3) is 1.00. The lowest BCUT2D eigenvalue weighted by atomic mass is 9.86. The first-order chi connectivity index (χ1) is 8.24. The van der Waals surface area contributed by atoms with Crippen molar-refractivity contribution in [2.75, 3.05) is 26.2 Å². The molecule has 1 unspecified atom stereocenters. The maximum Gasteiger partial charge on any atom is 0.0107 e. The van der Waals surface area contributed by atoms with Crippen LogP contribution >= 0.6 is 0 Å². The van der Waals surface area contributed by atoms with E-state index in [1.54, 1.807) is 0 Å². The molecular weight excluding hydrogens is 208 g/mol. The van der Waals surface area contributed by atoms with Crippen LogP contribution in [0.4, 0.5) is 0 Å². The molecule has 2 fully saturated rings. The van der Waals surface area contributed by atoms with Crippen molar-refractivity contribution in [2.45, 2.75) is 64.8 Å². The summed E-state index contributed by atoms with van der Waals surface area (Å²) in [4.78, 5) is 2.69. The molecule has 1 aliphatic carbocycles. The van der Waals surface area contributed by atoms with Crippen molar-refractivity contribution < 1.29 is 0 Å². The summed E-state index contributed by atoms with van der Waals surface area (Å²) in [5.74, 6) is 0. The Bertz CT molecular complexity index is 221. The molecule has 2 heteroatoms. The zero-order valence-corrected chi connectivity index (χ0v) is 11.8. The van der Waals surface area contributed by atoms with Gasteiger partial charge in [-0.1, -0.05) is 26.2 Å². The van der Waals surface area contributed by atoms with Gasteiger partial charge in [-0.3, -0.25) is 0 Å². The van der Waals surface area contributed by atoms with Gasteiger partial charge in [0.15, 0.2) is 0 Å². The van der Waals surface area contributed by atoms with Gasteiger partial charge >= 0.3 is 0 Å². The molecule has 1 N–H and O–H groups in total. The summed E-state index contributed by atoms with van der Waals surface area (Å²) in [5.41, 5.74) is 0.745. The molecule has 1 heterocycles. The largest absolute Gasteiger partial charge is 0.313 e. The molecule has 0 aromatic rings. The Morgan fingerprint density at radius 2 is 2.00 bits per heavy atom. The summed E-state index contributed by atoms with van der Waals surface area (Å²) in [5, 5.41) is 3.65. The molecule has 0 aromatic heterocycles. The highest BCUT2D eigenvalue weighted by molar-refractivity contribution is 4.93. The summed E-state index contributed by atoms with van der Waals surface area (Å²) in [6.07, 6.45) is 10.0. The van der Waals surface area contributed by atoms with E-state index in [-0.39, 0.29) is 0 Å². The predicted molar refractivity (Wildman–Crippen MR) is 74.3 cm³/mol. The average Bonchev–Trinajstić information content (AvgIpc) is 2.91. The van der Waals surface area contributed by atoms with Crippen molar-refractivity contribution in [1.82, 2.24) is 10.2 Å². The number of nitrogens with one attached hydrogen (secondary N) is 1. The molecule has 100 valence electrons. The molecular formula is C15H30N2. The molecule has 0 amide bonds. The Balaban J connectivity index is 1.61. The van der Waals surface area contributed by atoms with Crippen molar-refractivity contribution in [1.29, 1.82) is 0 Å². The highest BCUT2D eigenvalue weighted by Gasteiger charge is 2.39. The maximum absolute atomic E-state index is 3.65. The van der Waals surface area contributed by atoms with E-state index in [1.807, 2.05) is 0 Å². The number of rotatable bonds is 6. The van der Waals surface area contributed by atoms with E-state index in [0.29, 0.717) is 6.04 Å². The van der Waals surface area contributed by atoms with Crippen LogP contribution in [0.2, 0.25) is 0 Å². The summed E-state index contributed by atoms with van der Waals surface area (Å²) < 4.78 is 0. The van der Waals surface area contributed by atoms with Gasteiger partial charge in [-0.2, -0.15) is 0 Å². The summed E-state index contributed by atoms with van der Waals surface area (Å²) >= 11 is 0. The van der Waals surface area contributed by atoms with E-state index in [1.165, 1.54) is 71.1 Å². The van der Waals surface area contributed by atoms with Crippen LogP contribution in [0.3, 0.4) is 0 Å². The van der Waals surface area contributed by atoms with Crippen LogP contribution in [0.15, 0.2) is 0 Å². The Morgan fingerprint density at radius 3 is 2.71 bits per heavy atom. The molecule has 1 saturated carbocycles. The highest BCUT2D eigenvalue weighted by Crippen LogP contribution is 2.44. The Morgan fingerprint density at radius 1 is 1.24 bits per heavy atom. The number of hydrogen-bond acceptors (Lipinski definition) is 2. The topological polar surface area (TPSA) is 15.3 Å².